The molecule has 2 unspecified atom stereocenters. The monoisotopic (exact) mass is 408 g/mol. The van der Waals surface area contributed by atoms with Gasteiger partial charge in [0, 0.05) is 6.20 Å². The molecule has 1 aliphatic rings. The van der Waals surface area contributed by atoms with E-state index in [1.165, 1.54) is 53.6 Å². The molecular weight excluding hydrogens is 391 g/mol. The van der Waals surface area contributed by atoms with Gasteiger partial charge in [-0.25, -0.2) is 14.2 Å². The summed E-state index contributed by atoms with van der Waals surface area (Å²) in [5, 5.41) is 22.7. The van der Waals surface area contributed by atoms with Crippen molar-refractivity contribution in [2.45, 2.75) is 12.2 Å². The number of carbonyl (C=O) groups is 2. The maximum Gasteiger partial charge on any atom is 0.338 e. The number of aromatic carboxylic acids is 1. The minimum Gasteiger partial charge on any atom is -0.508 e. The minimum absolute atomic E-state index is 0.0749. The number of anilines is 2. The molecule has 0 fully saturated rings. The second-order valence-corrected chi connectivity index (χ2v) is 6.77. The molecule has 5 N–H and O–H groups in total. The molecular formula is C21H17FN4O4. The zero-order valence-corrected chi connectivity index (χ0v) is 15.5. The molecule has 3 aromatic rings. The summed E-state index contributed by atoms with van der Waals surface area (Å²) in [6, 6.07) is 11.7. The van der Waals surface area contributed by atoms with Gasteiger partial charge in [0.25, 0.3) is 0 Å². The van der Waals surface area contributed by atoms with E-state index in [0.29, 0.717) is 11.1 Å². The summed E-state index contributed by atoms with van der Waals surface area (Å²) < 4.78 is 13.5. The first-order valence-electron chi connectivity index (χ1n) is 8.97. The Labute approximate surface area is 170 Å². The molecule has 9 heteroatoms. The van der Waals surface area contributed by atoms with Gasteiger partial charge in [0.05, 0.1) is 11.3 Å². The van der Waals surface area contributed by atoms with Crippen LogP contribution in [0, 0.1) is 5.82 Å². The zero-order valence-electron chi connectivity index (χ0n) is 15.5. The van der Waals surface area contributed by atoms with Gasteiger partial charge in [-0.15, -0.1) is 0 Å². The van der Waals surface area contributed by atoms with Crippen molar-refractivity contribution in [3.63, 3.8) is 0 Å². The lowest BCUT2D eigenvalue weighted by molar-refractivity contribution is -0.119. The second kappa shape index (κ2) is 7.36. The van der Waals surface area contributed by atoms with Crippen LogP contribution in [0.15, 0.2) is 60.8 Å². The van der Waals surface area contributed by atoms with E-state index in [2.05, 4.69) is 10.3 Å². The van der Waals surface area contributed by atoms with Crippen molar-refractivity contribution in [3.05, 3.63) is 83.3 Å². The molecule has 0 saturated carbocycles. The van der Waals surface area contributed by atoms with Gasteiger partial charge in [-0.3, -0.25) is 4.79 Å². The molecule has 2 aromatic carbocycles. The van der Waals surface area contributed by atoms with Crippen LogP contribution in [0.4, 0.5) is 15.9 Å². The molecule has 8 nitrogen and oxygen atoms in total. The number of nitrogens with two attached hydrogens (primary N) is 1. The molecule has 4 rings (SSSR count). The van der Waals surface area contributed by atoms with Crippen molar-refractivity contribution >= 4 is 23.4 Å². The molecule has 30 heavy (non-hydrogen) atoms. The summed E-state index contributed by atoms with van der Waals surface area (Å²) >= 11 is 0. The van der Waals surface area contributed by atoms with E-state index in [1.807, 2.05) is 0 Å². The van der Waals surface area contributed by atoms with Gasteiger partial charge in [0.2, 0.25) is 5.91 Å². The Hall–Kier alpha value is -4.14. The second-order valence-electron chi connectivity index (χ2n) is 6.77. The van der Waals surface area contributed by atoms with Crippen LogP contribution in [0.1, 0.15) is 33.7 Å². The number of aromatic hydroxyl groups is 1. The zero-order chi connectivity index (χ0) is 21.4. The molecule has 0 aliphatic carbocycles. The van der Waals surface area contributed by atoms with Crippen molar-refractivity contribution in [3.8, 4) is 5.75 Å². The number of nitrogens with zero attached hydrogens (tertiary/aromatic N) is 2. The van der Waals surface area contributed by atoms with E-state index in [1.54, 1.807) is 12.1 Å². The SMILES string of the molecule is NC(=O)C(c1cccc(O)c1)N1c2c(C(=O)O)ccnc2NC1c1ccc(F)cc1. The summed E-state index contributed by atoms with van der Waals surface area (Å²) in [4.78, 5) is 30.2. The lowest BCUT2D eigenvalue weighted by Crippen LogP contribution is -2.40. The van der Waals surface area contributed by atoms with Gasteiger partial charge in [-0.05, 0) is 41.5 Å². The first kappa shape index (κ1) is 19.2. The highest BCUT2D eigenvalue weighted by Crippen LogP contribution is 2.47. The quantitative estimate of drug-likeness (QED) is 0.511. The highest BCUT2D eigenvalue weighted by molar-refractivity contribution is 6.01. The number of phenolic OH excluding ortho intramolecular Hbond substituents is 1. The van der Waals surface area contributed by atoms with E-state index >= 15 is 0 Å². The molecule has 0 saturated heterocycles. The summed E-state index contributed by atoms with van der Waals surface area (Å²) in [5.41, 5.74) is 6.75. The number of nitrogens with one attached hydrogen (secondary N) is 1. The summed E-state index contributed by atoms with van der Waals surface area (Å²) in [6.45, 7) is 0. The number of carbonyl (C=O) groups excluding carboxylic acids is 1. The predicted molar refractivity (Wildman–Crippen MR) is 106 cm³/mol. The first-order chi connectivity index (χ1) is 14.4. The number of primary amides is 1. The number of benzene rings is 2. The number of amides is 1. The van der Waals surface area contributed by atoms with Crippen LogP contribution in [0.3, 0.4) is 0 Å². The fourth-order valence-electron chi connectivity index (χ4n) is 3.65. The van der Waals surface area contributed by atoms with Crippen molar-refractivity contribution in [1.82, 2.24) is 4.98 Å². The average molecular weight is 408 g/mol. The number of rotatable bonds is 5. The van der Waals surface area contributed by atoms with Crippen LogP contribution in [0.2, 0.25) is 0 Å². The molecule has 2 atom stereocenters. The summed E-state index contributed by atoms with van der Waals surface area (Å²) in [6.07, 6.45) is 0.585. The van der Waals surface area contributed by atoms with E-state index in [0.717, 1.165) is 0 Å². The van der Waals surface area contributed by atoms with Crippen LogP contribution in [0.25, 0.3) is 0 Å². The first-order valence-corrected chi connectivity index (χ1v) is 8.97. The Kier molecular flexibility index (Phi) is 4.71. The lowest BCUT2D eigenvalue weighted by atomic mass is 10.0. The van der Waals surface area contributed by atoms with Crippen molar-refractivity contribution in [2.24, 2.45) is 5.73 Å². The molecule has 2 heterocycles. The number of fused-ring (bicyclic) bond motifs is 1. The number of halogens is 1. The van der Waals surface area contributed by atoms with Gasteiger partial charge in [0.15, 0.2) is 5.82 Å². The van der Waals surface area contributed by atoms with Crippen LogP contribution in [-0.4, -0.2) is 27.1 Å². The van der Waals surface area contributed by atoms with Crippen molar-refractivity contribution in [2.75, 3.05) is 10.2 Å². The number of phenols is 1. The average Bonchev–Trinajstić information content (AvgIpc) is 3.08. The lowest BCUT2D eigenvalue weighted by Gasteiger charge is -2.34. The molecule has 1 aliphatic heterocycles. The van der Waals surface area contributed by atoms with E-state index in [-0.39, 0.29) is 22.8 Å². The third-order valence-corrected chi connectivity index (χ3v) is 4.88. The molecule has 0 radical (unpaired) electrons. The van der Waals surface area contributed by atoms with Gasteiger partial charge >= 0.3 is 5.97 Å². The van der Waals surface area contributed by atoms with E-state index < -0.39 is 29.9 Å². The van der Waals surface area contributed by atoms with E-state index in [9.17, 15) is 24.2 Å². The highest BCUT2D eigenvalue weighted by Gasteiger charge is 2.41. The number of aromatic nitrogens is 1. The topological polar surface area (TPSA) is 129 Å². The molecule has 152 valence electrons. The maximum absolute atomic E-state index is 13.5. The minimum atomic E-state index is -1.21. The Bertz CT molecular complexity index is 1140. The maximum atomic E-state index is 13.5. The summed E-state index contributed by atoms with van der Waals surface area (Å²) in [5.74, 6) is -2.24. The van der Waals surface area contributed by atoms with Gasteiger partial charge in [0.1, 0.15) is 23.8 Å². The third-order valence-electron chi connectivity index (χ3n) is 4.88. The Balaban J connectivity index is 1.94. The Morgan fingerprint density at radius 2 is 1.90 bits per heavy atom. The number of hydrogen-bond acceptors (Lipinski definition) is 6. The van der Waals surface area contributed by atoms with Crippen LogP contribution in [-0.2, 0) is 4.79 Å². The molecule has 1 amide bonds. The van der Waals surface area contributed by atoms with Crippen LogP contribution < -0.4 is 16.0 Å². The van der Waals surface area contributed by atoms with Gasteiger partial charge in [-0.2, -0.15) is 0 Å². The molecule has 0 spiro atoms. The van der Waals surface area contributed by atoms with Crippen molar-refractivity contribution < 1.29 is 24.2 Å². The van der Waals surface area contributed by atoms with Crippen molar-refractivity contribution in [1.29, 1.82) is 0 Å². The standard InChI is InChI=1S/C21H17FN4O4/c22-13-6-4-11(5-7-13)20-25-19-17(15(21(29)30)8-9-24-19)26(20)16(18(23)28)12-2-1-3-14(27)10-12/h1-10,16,20,27H,(H2,23,28)(H,24,25)(H,29,30). The number of carboxylic acid groups (broad SMARTS) is 1. The van der Waals surface area contributed by atoms with E-state index in [4.69, 9.17) is 5.73 Å². The van der Waals surface area contributed by atoms with Crippen LogP contribution >= 0.6 is 0 Å². The Morgan fingerprint density at radius 1 is 1.17 bits per heavy atom. The predicted octanol–water partition coefficient (Wildman–Crippen LogP) is 2.78. The molecule has 0 bridgehead atoms. The summed E-state index contributed by atoms with van der Waals surface area (Å²) in [7, 11) is 0. The van der Waals surface area contributed by atoms with Gasteiger partial charge in [-0.1, -0.05) is 24.3 Å². The Morgan fingerprint density at radius 3 is 2.53 bits per heavy atom. The number of pyridine rings is 1. The fraction of sp³-hybridized carbons (Fsp3) is 0.0952. The third kappa shape index (κ3) is 3.26. The fourth-order valence-corrected chi connectivity index (χ4v) is 3.65. The highest BCUT2D eigenvalue weighted by atomic mass is 19.1. The number of carboxylic acids is 1. The number of hydrogen-bond donors (Lipinski definition) is 4. The smallest absolute Gasteiger partial charge is 0.338 e. The largest absolute Gasteiger partial charge is 0.508 e. The van der Waals surface area contributed by atoms with Crippen LogP contribution in [0.5, 0.6) is 5.75 Å². The van der Waals surface area contributed by atoms with Gasteiger partial charge < -0.3 is 26.2 Å². The normalized spacial score (nSPS) is 15.9. The molecule has 1 aromatic heterocycles.